The van der Waals surface area contributed by atoms with Crippen molar-refractivity contribution in [3.63, 3.8) is 0 Å². The van der Waals surface area contributed by atoms with Crippen LogP contribution in [0.25, 0.3) is 33.5 Å². The summed E-state index contributed by atoms with van der Waals surface area (Å²) in [5.74, 6) is 2.44. The number of nitrogens with zero attached hydrogens (tertiary/aromatic N) is 6. The predicted molar refractivity (Wildman–Crippen MR) is 112 cm³/mol. The Balaban J connectivity index is 1.64. The van der Waals surface area contributed by atoms with Crippen LogP contribution in [-0.2, 0) is 21.6 Å². The van der Waals surface area contributed by atoms with Gasteiger partial charge in [-0.25, -0.2) is 15.0 Å². The average molecular weight is 405 g/mol. The normalized spacial score (nSPS) is 18.8. The lowest BCUT2D eigenvalue weighted by Gasteiger charge is -2.30. The number of aromatic nitrogens is 6. The molecule has 1 aromatic carbocycles. The maximum atomic E-state index is 5.99. The minimum atomic E-state index is -0.466. The third kappa shape index (κ3) is 2.62. The molecule has 5 heterocycles. The standard InChI is InChI=1S/C21H23N7O2/c1-21(2)20-23-16-18(27-6-9-29-10-7-27)24-17(25-19(16)28(20)8-11-30-21)13-4-3-5-15-14(13)12-22-26-15/h3-5,12H,6-11H2,1-2H3,(H,22,26). The average Bonchev–Trinajstić information content (AvgIpc) is 3.39. The number of benzene rings is 1. The molecule has 0 radical (unpaired) electrons. The van der Waals surface area contributed by atoms with Crippen molar-refractivity contribution in [2.24, 2.45) is 0 Å². The van der Waals surface area contributed by atoms with Gasteiger partial charge < -0.3 is 18.9 Å². The van der Waals surface area contributed by atoms with Gasteiger partial charge >= 0.3 is 0 Å². The van der Waals surface area contributed by atoms with Gasteiger partial charge in [0, 0.05) is 30.6 Å². The summed E-state index contributed by atoms with van der Waals surface area (Å²) in [6.07, 6.45) is 1.83. The van der Waals surface area contributed by atoms with Crippen molar-refractivity contribution >= 4 is 27.9 Å². The summed E-state index contributed by atoms with van der Waals surface area (Å²) in [6, 6.07) is 6.05. The summed E-state index contributed by atoms with van der Waals surface area (Å²) < 4.78 is 13.7. The van der Waals surface area contributed by atoms with Gasteiger partial charge in [0.15, 0.2) is 22.8 Å². The third-order valence-corrected chi connectivity index (χ3v) is 5.93. The van der Waals surface area contributed by atoms with Gasteiger partial charge in [-0.05, 0) is 19.9 Å². The van der Waals surface area contributed by atoms with Gasteiger partial charge in [-0.15, -0.1) is 0 Å². The van der Waals surface area contributed by atoms with Gasteiger partial charge in [-0.1, -0.05) is 12.1 Å². The van der Waals surface area contributed by atoms with E-state index in [0.29, 0.717) is 25.6 Å². The van der Waals surface area contributed by atoms with E-state index in [4.69, 9.17) is 24.4 Å². The molecule has 1 fully saturated rings. The number of imidazole rings is 1. The fraction of sp³-hybridized carbons (Fsp3) is 0.429. The second kappa shape index (κ2) is 6.48. The van der Waals surface area contributed by atoms with E-state index in [1.165, 1.54) is 0 Å². The number of morpholine rings is 1. The maximum Gasteiger partial charge on any atom is 0.166 e. The predicted octanol–water partition coefficient (Wildman–Crippen LogP) is 2.47. The van der Waals surface area contributed by atoms with Crippen molar-refractivity contribution < 1.29 is 9.47 Å². The van der Waals surface area contributed by atoms with Crippen molar-refractivity contribution in [2.75, 3.05) is 37.8 Å². The highest BCUT2D eigenvalue weighted by Gasteiger charge is 2.34. The van der Waals surface area contributed by atoms with Crippen LogP contribution in [0, 0.1) is 0 Å². The molecule has 2 aliphatic rings. The fourth-order valence-corrected chi connectivity index (χ4v) is 4.39. The Morgan fingerprint density at radius 1 is 1.03 bits per heavy atom. The highest BCUT2D eigenvalue weighted by atomic mass is 16.5. The number of hydrogen-bond donors (Lipinski definition) is 1. The van der Waals surface area contributed by atoms with Crippen molar-refractivity contribution in [1.29, 1.82) is 0 Å². The topological polar surface area (TPSA) is 94.0 Å². The molecule has 3 aromatic heterocycles. The molecule has 0 bridgehead atoms. The monoisotopic (exact) mass is 405 g/mol. The van der Waals surface area contributed by atoms with Crippen molar-refractivity contribution in [3.05, 3.63) is 30.2 Å². The molecule has 2 aliphatic heterocycles. The molecule has 0 atom stereocenters. The van der Waals surface area contributed by atoms with Crippen molar-refractivity contribution in [2.45, 2.75) is 26.0 Å². The molecule has 30 heavy (non-hydrogen) atoms. The van der Waals surface area contributed by atoms with Crippen LogP contribution in [-0.4, -0.2) is 62.6 Å². The van der Waals surface area contributed by atoms with Gasteiger partial charge in [0.25, 0.3) is 0 Å². The van der Waals surface area contributed by atoms with Crippen molar-refractivity contribution in [1.82, 2.24) is 29.7 Å². The molecule has 6 rings (SSSR count). The second-order valence-corrected chi connectivity index (χ2v) is 8.23. The first kappa shape index (κ1) is 17.8. The minimum absolute atomic E-state index is 0.466. The Hall–Kier alpha value is -3.04. The lowest BCUT2D eigenvalue weighted by atomic mass is 10.1. The summed E-state index contributed by atoms with van der Waals surface area (Å²) >= 11 is 0. The molecule has 9 heteroatoms. The molecule has 1 saturated heterocycles. The first-order valence-electron chi connectivity index (χ1n) is 10.3. The zero-order valence-electron chi connectivity index (χ0n) is 17.1. The largest absolute Gasteiger partial charge is 0.378 e. The van der Waals surface area contributed by atoms with Crippen LogP contribution in [0.4, 0.5) is 5.82 Å². The summed E-state index contributed by atoms with van der Waals surface area (Å²) in [5.41, 5.74) is 3.14. The van der Waals surface area contributed by atoms with E-state index in [1.807, 2.05) is 24.4 Å². The molecular formula is C21H23N7O2. The smallest absolute Gasteiger partial charge is 0.166 e. The van der Waals surface area contributed by atoms with E-state index in [1.54, 1.807) is 0 Å². The molecule has 0 aliphatic carbocycles. The minimum Gasteiger partial charge on any atom is -0.378 e. The third-order valence-electron chi connectivity index (χ3n) is 5.93. The summed E-state index contributed by atoms with van der Waals surface area (Å²) in [5, 5.41) is 8.24. The highest BCUT2D eigenvalue weighted by molar-refractivity contribution is 5.94. The first-order valence-corrected chi connectivity index (χ1v) is 10.3. The molecule has 0 amide bonds. The first-order chi connectivity index (χ1) is 14.6. The highest BCUT2D eigenvalue weighted by Crippen LogP contribution is 2.36. The van der Waals surface area contributed by atoms with Gasteiger partial charge in [-0.2, -0.15) is 5.10 Å². The van der Waals surface area contributed by atoms with E-state index >= 15 is 0 Å². The molecule has 0 spiro atoms. The lowest BCUT2D eigenvalue weighted by molar-refractivity contribution is -0.0530. The Morgan fingerprint density at radius 3 is 2.77 bits per heavy atom. The number of hydrogen-bond acceptors (Lipinski definition) is 7. The zero-order chi connectivity index (χ0) is 20.3. The number of rotatable bonds is 2. The Labute approximate surface area is 173 Å². The second-order valence-electron chi connectivity index (χ2n) is 8.23. The van der Waals surface area contributed by atoms with Gasteiger partial charge in [-0.3, -0.25) is 5.10 Å². The van der Waals surface area contributed by atoms with Crippen LogP contribution in [0.15, 0.2) is 24.4 Å². The Morgan fingerprint density at radius 2 is 1.90 bits per heavy atom. The van der Waals surface area contributed by atoms with E-state index < -0.39 is 5.60 Å². The molecule has 154 valence electrons. The van der Waals surface area contributed by atoms with Crippen LogP contribution in [0.5, 0.6) is 0 Å². The lowest BCUT2D eigenvalue weighted by Crippen LogP contribution is -2.37. The zero-order valence-corrected chi connectivity index (χ0v) is 17.1. The molecule has 0 unspecified atom stereocenters. The molecule has 1 N–H and O–H groups in total. The van der Waals surface area contributed by atoms with E-state index in [9.17, 15) is 0 Å². The number of aromatic amines is 1. The summed E-state index contributed by atoms with van der Waals surface area (Å²) in [6.45, 7) is 8.39. The molecular weight excluding hydrogens is 382 g/mol. The molecule has 9 nitrogen and oxygen atoms in total. The summed E-state index contributed by atoms with van der Waals surface area (Å²) in [4.78, 5) is 17.3. The quantitative estimate of drug-likeness (QED) is 0.547. The number of nitrogens with one attached hydrogen (secondary N) is 1. The van der Waals surface area contributed by atoms with Gasteiger partial charge in [0.1, 0.15) is 11.4 Å². The van der Waals surface area contributed by atoms with Crippen LogP contribution in [0.1, 0.15) is 19.7 Å². The molecule has 4 aromatic rings. The van der Waals surface area contributed by atoms with Crippen LogP contribution in [0.2, 0.25) is 0 Å². The molecule has 0 saturated carbocycles. The maximum absolute atomic E-state index is 5.99. The van der Waals surface area contributed by atoms with Crippen LogP contribution < -0.4 is 4.90 Å². The van der Waals surface area contributed by atoms with E-state index in [-0.39, 0.29) is 0 Å². The Kier molecular flexibility index (Phi) is 3.84. The fourth-order valence-electron chi connectivity index (χ4n) is 4.39. The van der Waals surface area contributed by atoms with Gasteiger partial charge in [0.05, 0.1) is 31.5 Å². The number of H-pyrrole nitrogens is 1. The van der Waals surface area contributed by atoms with Crippen molar-refractivity contribution in [3.8, 4) is 11.4 Å². The number of fused-ring (bicyclic) bond motifs is 4. The van der Waals surface area contributed by atoms with Crippen LogP contribution >= 0.6 is 0 Å². The summed E-state index contributed by atoms with van der Waals surface area (Å²) in [7, 11) is 0. The SMILES string of the molecule is CC1(C)OCCn2c1nc1c(N3CCOCC3)nc(-c3cccc4[nH]ncc34)nc12. The number of ether oxygens (including phenoxy) is 2. The Bertz CT molecular complexity index is 1250. The van der Waals surface area contributed by atoms with Gasteiger partial charge in [0.2, 0.25) is 0 Å². The van der Waals surface area contributed by atoms with Crippen LogP contribution in [0.3, 0.4) is 0 Å². The van der Waals surface area contributed by atoms with E-state index in [2.05, 4.69) is 33.5 Å². The number of anilines is 1. The van der Waals surface area contributed by atoms with E-state index in [0.717, 1.165) is 58.9 Å².